The van der Waals surface area contributed by atoms with E-state index in [9.17, 15) is 14.9 Å². The summed E-state index contributed by atoms with van der Waals surface area (Å²) >= 11 is 1.53. The molecule has 8 nitrogen and oxygen atoms in total. The molecule has 1 aromatic heterocycles. The van der Waals surface area contributed by atoms with E-state index in [1.807, 2.05) is 73.9 Å². The Balaban J connectivity index is 1.58. The Labute approximate surface area is 213 Å². The Morgan fingerprint density at radius 2 is 1.69 bits per heavy atom. The number of hydrogen-bond donors (Lipinski definition) is 1. The topological polar surface area (TPSA) is 103 Å². The molecule has 1 heterocycles. The van der Waals surface area contributed by atoms with Gasteiger partial charge in [-0.1, -0.05) is 48.5 Å². The molecule has 184 valence electrons. The first-order valence-electron chi connectivity index (χ1n) is 11.7. The number of nitro benzene ring substituents is 1. The van der Waals surface area contributed by atoms with E-state index < -0.39 is 4.92 Å². The van der Waals surface area contributed by atoms with Gasteiger partial charge in [0.2, 0.25) is 0 Å². The molecule has 0 aliphatic rings. The van der Waals surface area contributed by atoms with Crippen LogP contribution in [0.1, 0.15) is 41.8 Å². The van der Waals surface area contributed by atoms with Gasteiger partial charge in [-0.2, -0.15) is 0 Å². The average Bonchev–Trinajstić information content (AvgIpc) is 3.32. The lowest BCUT2D eigenvalue weighted by Gasteiger charge is -2.12. The quantitative estimate of drug-likeness (QED) is 0.172. The number of hydrogen-bond acceptors (Lipinski definition) is 6. The Morgan fingerprint density at radius 1 is 1.03 bits per heavy atom. The first-order chi connectivity index (χ1) is 17.4. The van der Waals surface area contributed by atoms with Crippen LogP contribution in [0.3, 0.4) is 0 Å². The van der Waals surface area contributed by atoms with Gasteiger partial charge >= 0.3 is 0 Å². The number of benzene rings is 3. The van der Waals surface area contributed by atoms with Gasteiger partial charge in [-0.3, -0.25) is 19.5 Å². The van der Waals surface area contributed by atoms with Crippen LogP contribution in [-0.4, -0.2) is 31.6 Å². The lowest BCUT2D eigenvalue weighted by atomic mass is 10.1. The van der Waals surface area contributed by atoms with Crippen molar-refractivity contribution in [2.24, 2.45) is 0 Å². The van der Waals surface area contributed by atoms with Crippen molar-refractivity contribution in [1.82, 2.24) is 20.1 Å². The SMILES string of the molecule is CCC(C)NC(=O)c1ccc(CSc2nnc(-c3ccc([N+](=O)[O-])cc3)n2-c2ccc(C)cc2)cc1. The second-order valence-corrected chi connectivity index (χ2v) is 9.49. The van der Waals surface area contributed by atoms with E-state index in [-0.39, 0.29) is 17.6 Å². The second-order valence-electron chi connectivity index (χ2n) is 8.55. The molecule has 1 atom stereocenters. The normalized spacial score (nSPS) is 11.8. The molecule has 0 saturated carbocycles. The molecule has 1 N–H and O–H groups in total. The van der Waals surface area contributed by atoms with Crippen molar-refractivity contribution in [3.05, 3.63) is 99.6 Å². The van der Waals surface area contributed by atoms with E-state index in [1.54, 1.807) is 12.1 Å². The Hall–Kier alpha value is -3.98. The summed E-state index contributed by atoms with van der Waals surface area (Å²) in [4.78, 5) is 23.0. The Morgan fingerprint density at radius 3 is 2.31 bits per heavy atom. The van der Waals surface area contributed by atoms with Crippen molar-refractivity contribution in [2.75, 3.05) is 0 Å². The molecule has 0 saturated heterocycles. The van der Waals surface area contributed by atoms with E-state index in [4.69, 9.17) is 0 Å². The zero-order valence-corrected chi connectivity index (χ0v) is 21.2. The number of thioether (sulfide) groups is 1. The highest BCUT2D eigenvalue weighted by atomic mass is 32.2. The van der Waals surface area contributed by atoms with Crippen LogP contribution in [0.2, 0.25) is 0 Å². The molecular formula is C27H27N5O3S. The molecule has 0 aliphatic carbocycles. The third kappa shape index (κ3) is 5.80. The van der Waals surface area contributed by atoms with Crippen LogP contribution in [-0.2, 0) is 5.75 Å². The molecule has 1 amide bonds. The van der Waals surface area contributed by atoms with Crippen molar-refractivity contribution in [3.63, 3.8) is 0 Å². The van der Waals surface area contributed by atoms with Gasteiger partial charge < -0.3 is 5.32 Å². The van der Waals surface area contributed by atoms with E-state index in [0.29, 0.717) is 22.3 Å². The highest BCUT2D eigenvalue weighted by Gasteiger charge is 2.17. The third-order valence-corrected chi connectivity index (χ3v) is 6.84. The fourth-order valence-corrected chi connectivity index (χ4v) is 4.43. The standard InChI is InChI=1S/C27H27N5O3S/c1-4-19(3)28-26(33)22-9-7-20(8-10-22)17-36-27-30-29-25(21-11-15-24(16-12-21)32(34)35)31(27)23-13-5-18(2)6-14-23/h5-16,19H,4,17H2,1-3H3,(H,28,33). The van der Waals surface area contributed by atoms with Crippen LogP contribution in [0.5, 0.6) is 0 Å². The molecule has 0 bridgehead atoms. The number of carbonyl (C=O) groups excluding carboxylic acids is 1. The number of nitro groups is 1. The molecular weight excluding hydrogens is 474 g/mol. The van der Waals surface area contributed by atoms with Gasteiger partial charge in [0.25, 0.3) is 11.6 Å². The first-order valence-corrected chi connectivity index (χ1v) is 12.6. The smallest absolute Gasteiger partial charge is 0.269 e. The number of aryl methyl sites for hydroxylation is 1. The number of aromatic nitrogens is 3. The van der Waals surface area contributed by atoms with Gasteiger partial charge in [0.15, 0.2) is 11.0 Å². The Kier molecular flexibility index (Phi) is 7.80. The van der Waals surface area contributed by atoms with Gasteiger partial charge in [-0.25, -0.2) is 0 Å². The van der Waals surface area contributed by atoms with Crippen molar-refractivity contribution in [1.29, 1.82) is 0 Å². The van der Waals surface area contributed by atoms with Crippen molar-refractivity contribution in [2.45, 2.75) is 44.1 Å². The molecule has 0 spiro atoms. The average molecular weight is 502 g/mol. The van der Waals surface area contributed by atoms with Crippen molar-refractivity contribution >= 4 is 23.4 Å². The molecule has 0 aliphatic heterocycles. The molecule has 9 heteroatoms. The summed E-state index contributed by atoms with van der Waals surface area (Å²) in [6.45, 7) is 6.04. The van der Waals surface area contributed by atoms with Gasteiger partial charge in [0.1, 0.15) is 0 Å². The van der Waals surface area contributed by atoms with E-state index in [0.717, 1.165) is 28.8 Å². The third-order valence-electron chi connectivity index (χ3n) is 5.84. The number of non-ortho nitro benzene ring substituents is 1. The zero-order chi connectivity index (χ0) is 25.7. The summed E-state index contributed by atoms with van der Waals surface area (Å²) < 4.78 is 1.96. The monoisotopic (exact) mass is 501 g/mol. The predicted octanol–water partition coefficient (Wildman–Crippen LogP) is 5.97. The largest absolute Gasteiger partial charge is 0.350 e. The van der Waals surface area contributed by atoms with E-state index in [1.165, 1.54) is 23.9 Å². The van der Waals surface area contributed by atoms with E-state index in [2.05, 4.69) is 15.5 Å². The minimum atomic E-state index is -0.422. The van der Waals surface area contributed by atoms with Gasteiger partial charge in [0, 0.05) is 40.7 Å². The van der Waals surface area contributed by atoms with Crippen molar-refractivity contribution in [3.8, 4) is 17.1 Å². The van der Waals surface area contributed by atoms with Crippen LogP contribution in [0.25, 0.3) is 17.1 Å². The number of rotatable bonds is 9. The van der Waals surface area contributed by atoms with Crippen LogP contribution in [0.15, 0.2) is 78.0 Å². The van der Waals surface area contributed by atoms with Crippen LogP contribution in [0, 0.1) is 17.0 Å². The first kappa shape index (κ1) is 25.1. The number of amides is 1. The summed E-state index contributed by atoms with van der Waals surface area (Å²) in [6.07, 6.45) is 0.879. The lowest BCUT2D eigenvalue weighted by molar-refractivity contribution is -0.384. The number of nitrogens with zero attached hydrogens (tertiary/aromatic N) is 4. The molecule has 3 aromatic carbocycles. The minimum absolute atomic E-state index is 0.0241. The Bertz CT molecular complexity index is 1350. The highest BCUT2D eigenvalue weighted by molar-refractivity contribution is 7.98. The predicted molar refractivity (Wildman–Crippen MR) is 141 cm³/mol. The fourth-order valence-electron chi connectivity index (χ4n) is 3.52. The van der Waals surface area contributed by atoms with Gasteiger partial charge in [-0.05, 0) is 62.2 Å². The zero-order valence-electron chi connectivity index (χ0n) is 20.3. The van der Waals surface area contributed by atoms with Crippen molar-refractivity contribution < 1.29 is 9.72 Å². The molecule has 36 heavy (non-hydrogen) atoms. The summed E-state index contributed by atoms with van der Waals surface area (Å²) in [7, 11) is 0. The minimum Gasteiger partial charge on any atom is -0.350 e. The summed E-state index contributed by atoms with van der Waals surface area (Å²) in [5.74, 6) is 1.17. The lowest BCUT2D eigenvalue weighted by Crippen LogP contribution is -2.31. The molecule has 4 rings (SSSR count). The number of carbonyl (C=O) groups is 1. The fraction of sp³-hybridized carbons (Fsp3) is 0.222. The summed E-state index contributed by atoms with van der Waals surface area (Å²) in [5, 5.41) is 23.6. The maximum Gasteiger partial charge on any atom is 0.269 e. The van der Waals surface area contributed by atoms with E-state index >= 15 is 0 Å². The second kappa shape index (κ2) is 11.2. The van der Waals surface area contributed by atoms with Crippen LogP contribution >= 0.6 is 11.8 Å². The summed E-state index contributed by atoms with van der Waals surface area (Å²) in [6, 6.07) is 22.0. The van der Waals surface area contributed by atoms with Crippen LogP contribution < -0.4 is 5.32 Å². The molecule has 1 unspecified atom stereocenters. The molecule has 0 radical (unpaired) electrons. The number of nitrogens with one attached hydrogen (secondary N) is 1. The summed E-state index contributed by atoms with van der Waals surface area (Å²) in [5.41, 5.74) is 4.48. The van der Waals surface area contributed by atoms with Gasteiger partial charge in [-0.15, -0.1) is 10.2 Å². The maximum atomic E-state index is 12.4. The van der Waals surface area contributed by atoms with Gasteiger partial charge in [0.05, 0.1) is 4.92 Å². The maximum absolute atomic E-state index is 12.4. The highest BCUT2D eigenvalue weighted by Crippen LogP contribution is 2.30. The molecule has 4 aromatic rings. The molecule has 0 fully saturated rings. The van der Waals surface area contributed by atoms with Crippen LogP contribution in [0.4, 0.5) is 5.69 Å².